The van der Waals surface area contributed by atoms with Gasteiger partial charge in [-0.1, -0.05) is 0 Å². The summed E-state index contributed by atoms with van der Waals surface area (Å²) in [6.07, 6.45) is 2.09. The lowest BCUT2D eigenvalue weighted by Crippen LogP contribution is -2.34. The average molecular weight is 298 g/mol. The van der Waals surface area contributed by atoms with Crippen LogP contribution in [0.2, 0.25) is 0 Å². The number of anilines is 2. The summed E-state index contributed by atoms with van der Waals surface area (Å²) in [7, 11) is 0. The first-order valence-corrected chi connectivity index (χ1v) is 7.62. The Morgan fingerprint density at radius 3 is 2.95 bits per heavy atom. The summed E-state index contributed by atoms with van der Waals surface area (Å²) < 4.78 is 9.79. The van der Waals surface area contributed by atoms with Crippen molar-refractivity contribution in [2.24, 2.45) is 0 Å². The van der Waals surface area contributed by atoms with Gasteiger partial charge in [0, 0.05) is 19.2 Å². The standard InChI is InChI=1S/C13H22N4O2S/c1-8(2)16-11(18)9-10(14)17-20-12(9)15-7-13(3)5-4-6-19-13/h8,15H,4-7H2,1-3H3,(H2,14,17)(H,16,18). The third-order valence-corrected chi connectivity index (χ3v) is 4.11. The third-order valence-electron chi connectivity index (χ3n) is 3.29. The minimum Gasteiger partial charge on any atom is -0.382 e. The molecule has 6 nitrogen and oxygen atoms in total. The van der Waals surface area contributed by atoms with Crippen LogP contribution in [-0.2, 0) is 4.74 Å². The highest BCUT2D eigenvalue weighted by molar-refractivity contribution is 7.11. The van der Waals surface area contributed by atoms with Crippen molar-refractivity contribution in [3.8, 4) is 0 Å². The third kappa shape index (κ3) is 3.40. The molecule has 20 heavy (non-hydrogen) atoms. The van der Waals surface area contributed by atoms with Crippen LogP contribution < -0.4 is 16.4 Å². The Morgan fingerprint density at radius 2 is 2.35 bits per heavy atom. The number of ether oxygens (including phenoxy) is 1. The van der Waals surface area contributed by atoms with Gasteiger partial charge < -0.3 is 21.1 Å². The van der Waals surface area contributed by atoms with Gasteiger partial charge in [0.25, 0.3) is 5.91 Å². The second-order valence-electron chi connectivity index (χ2n) is 5.66. The molecule has 1 unspecified atom stereocenters. The molecule has 0 radical (unpaired) electrons. The van der Waals surface area contributed by atoms with E-state index in [1.54, 1.807) is 0 Å². The molecule has 1 aromatic heterocycles. The van der Waals surface area contributed by atoms with Gasteiger partial charge in [-0.05, 0) is 45.1 Å². The first-order valence-electron chi connectivity index (χ1n) is 6.85. The summed E-state index contributed by atoms with van der Waals surface area (Å²) in [6.45, 7) is 7.34. The Bertz CT molecular complexity index is 481. The number of nitrogens with zero attached hydrogens (tertiary/aromatic N) is 1. The van der Waals surface area contributed by atoms with E-state index in [1.165, 1.54) is 11.5 Å². The number of nitrogens with one attached hydrogen (secondary N) is 2. The maximum Gasteiger partial charge on any atom is 0.258 e. The maximum atomic E-state index is 12.1. The smallest absolute Gasteiger partial charge is 0.258 e. The van der Waals surface area contributed by atoms with Crippen LogP contribution in [0.25, 0.3) is 0 Å². The van der Waals surface area contributed by atoms with Crippen LogP contribution in [0, 0.1) is 0 Å². The SMILES string of the molecule is CC(C)NC(=O)c1c(N)nsc1NCC1(C)CCCO1. The largest absolute Gasteiger partial charge is 0.382 e. The zero-order valence-electron chi connectivity index (χ0n) is 12.2. The van der Waals surface area contributed by atoms with Gasteiger partial charge in [0.1, 0.15) is 10.6 Å². The summed E-state index contributed by atoms with van der Waals surface area (Å²) >= 11 is 1.21. The van der Waals surface area contributed by atoms with Crippen LogP contribution in [0.1, 0.15) is 44.0 Å². The van der Waals surface area contributed by atoms with Crippen LogP contribution in [0.3, 0.4) is 0 Å². The van der Waals surface area contributed by atoms with Gasteiger partial charge in [-0.3, -0.25) is 4.79 Å². The minimum atomic E-state index is -0.189. The molecule has 0 aromatic carbocycles. The molecule has 1 aromatic rings. The van der Waals surface area contributed by atoms with Gasteiger partial charge in [0.2, 0.25) is 0 Å². The highest BCUT2D eigenvalue weighted by Gasteiger charge is 2.30. The van der Waals surface area contributed by atoms with Crippen LogP contribution in [0.15, 0.2) is 0 Å². The zero-order chi connectivity index (χ0) is 14.8. The van der Waals surface area contributed by atoms with Crippen molar-refractivity contribution in [1.29, 1.82) is 0 Å². The van der Waals surface area contributed by atoms with E-state index in [-0.39, 0.29) is 23.4 Å². The Labute approximate surface area is 123 Å². The Kier molecular flexibility index (Phi) is 4.49. The Hall–Kier alpha value is -1.34. The molecule has 0 saturated carbocycles. The molecule has 4 N–H and O–H groups in total. The highest BCUT2D eigenvalue weighted by Crippen LogP contribution is 2.30. The number of carbonyl (C=O) groups is 1. The predicted octanol–water partition coefficient (Wildman–Crippen LogP) is 1.84. The first kappa shape index (κ1) is 15.1. The summed E-state index contributed by atoms with van der Waals surface area (Å²) in [5, 5.41) is 6.81. The fourth-order valence-electron chi connectivity index (χ4n) is 2.22. The van der Waals surface area contributed by atoms with Crippen LogP contribution in [0.5, 0.6) is 0 Å². The van der Waals surface area contributed by atoms with E-state index in [4.69, 9.17) is 10.5 Å². The topological polar surface area (TPSA) is 89.3 Å². The van der Waals surface area contributed by atoms with Crippen molar-refractivity contribution in [2.75, 3.05) is 24.2 Å². The number of aromatic nitrogens is 1. The Morgan fingerprint density at radius 1 is 1.60 bits per heavy atom. The van der Waals surface area contributed by atoms with Gasteiger partial charge in [-0.25, -0.2) is 0 Å². The molecule has 1 fully saturated rings. The molecule has 1 atom stereocenters. The zero-order valence-corrected chi connectivity index (χ0v) is 13.0. The highest BCUT2D eigenvalue weighted by atomic mass is 32.1. The number of amides is 1. The number of hydrogen-bond acceptors (Lipinski definition) is 6. The van der Waals surface area contributed by atoms with E-state index in [2.05, 4.69) is 21.9 Å². The van der Waals surface area contributed by atoms with Gasteiger partial charge in [0.05, 0.1) is 5.60 Å². The molecule has 0 spiro atoms. The molecule has 0 aliphatic carbocycles. The molecule has 0 bridgehead atoms. The number of nitrogens with two attached hydrogens (primary N) is 1. The van der Waals surface area contributed by atoms with Crippen molar-refractivity contribution in [2.45, 2.75) is 45.3 Å². The predicted molar refractivity (Wildman–Crippen MR) is 81.2 cm³/mol. The van der Waals surface area contributed by atoms with Crippen LogP contribution in [-0.4, -0.2) is 35.1 Å². The molecular weight excluding hydrogens is 276 g/mol. The Balaban J connectivity index is 2.06. The van der Waals surface area contributed by atoms with E-state index < -0.39 is 0 Å². The minimum absolute atomic E-state index is 0.0605. The second kappa shape index (κ2) is 5.97. The van der Waals surface area contributed by atoms with Crippen molar-refractivity contribution >= 4 is 28.3 Å². The van der Waals surface area contributed by atoms with Gasteiger partial charge >= 0.3 is 0 Å². The fraction of sp³-hybridized carbons (Fsp3) is 0.692. The molecule has 1 amide bonds. The fourth-order valence-corrected chi connectivity index (χ4v) is 2.93. The number of hydrogen-bond donors (Lipinski definition) is 3. The second-order valence-corrected chi connectivity index (χ2v) is 6.43. The van der Waals surface area contributed by atoms with E-state index in [0.29, 0.717) is 17.1 Å². The molecule has 1 aliphatic heterocycles. The number of carbonyl (C=O) groups excluding carboxylic acids is 1. The van der Waals surface area contributed by atoms with E-state index in [9.17, 15) is 4.79 Å². The first-order chi connectivity index (χ1) is 9.41. The normalized spacial score (nSPS) is 22.2. The molecule has 7 heteroatoms. The van der Waals surface area contributed by atoms with Crippen LogP contribution in [0.4, 0.5) is 10.8 Å². The lowest BCUT2D eigenvalue weighted by molar-refractivity contribution is 0.0315. The van der Waals surface area contributed by atoms with E-state index >= 15 is 0 Å². The molecule has 1 aliphatic rings. The average Bonchev–Trinajstić information content (AvgIpc) is 2.93. The van der Waals surface area contributed by atoms with Crippen molar-refractivity contribution < 1.29 is 9.53 Å². The molecule has 2 rings (SSSR count). The number of nitrogen functional groups attached to an aromatic ring is 1. The van der Waals surface area contributed by atoms with Gasteiger partial charge in [-0.15, -0.1) is 0 Å². The molecule has 112 valence electrons. The molecular formula is C13H22N4O2S. The molecule has 2 heterocycles. The summed E-state index contributed by atoms with van der Waals surface area (Å²) in [6, 6.07) is 0.0605. The lowest BCUT2D eigenvalue weighted by Gasteiger charge is -2.23. The maximum absolute atomic E-state index is 12.1. The van der Waals surface area contributed by atoms with Crippen LogP contribution >= 0.6 is 11.5 Å². The van der Waals surface area contributed by atoms with E-state index in [0.717, 1.165) is 19.4 Å². The van der Waals surface area contributed by atoms with E-state index in [1.807, 2.05) is 13.8 Å². The lowest BCUT2D eigenvalue weighted by atomic mass is 10.0. The van der Waals surface area contributed by atoms with Crippen molar-refractivity contribution in [1.82, 2.24) is 9.69 Å². The summed E-state index contributed by atoms with van der Waals surface area (Å²) in [4.78, 5) is 12.1. The van der Waals surface area contributed by atoms with Crippen molar-refractivity contribution in [3.05, 3.63) is 5.56 Å². The monoisotopic (exact) mass is 298 g/mol. The van der Waals surface area contributed by atoms with Gasteiger partial charge in [0.15, 0.2) is 5.82 Å². The van der Waals surface area contributed by atoms with Crippen molar-refractivity contribution in [3.63, 3.8) is 0 Å². The summed E-state index contributed by atoms with van der Waals surface area (Å²) in [5.41, 5.74) is 6.06. The quantitative estimate of drug-likeness (QED) is 0.772. The number of rotatable bonds is 5. The molecule has 1 saturated heterocycles. The van der Waals surface area contributed by atoms with Gasteiger partial charge in [-0.2, -0.15) is 4.37 Å². The summed E-state index contributed by atoms with van der Waals surface area (Å²) in [5.74, 6) is 0.0828.